The Hall–Kier alpha value is -3.00. The zero-order valence-corrected chi connectivity index (χ0v) is 25.7. The van der Waals surface area contributed by atoms with Crippen LogP contribution in [0.4, 0.5) is 22.0 Å². The van der Waals surface area contributed by atoms with Gasteiger partial charge in [0.1, 0.15) is 11.9 Å². The summed E-state index contributed by atoms with van der Waals surface area (Å²) < 4.78 is 68.8. The summed E-state index contributed by atoms with van der Waals surface area (Å²) in [5, 5.41) is 3.66. The van der Waals surface area contributed by atoms with Crippen LogP contribution in [0, 0.1) is 36.0 Å². The maximum Gasteiger partial charge on any atom is 2.00 e. The van der Waals surface area contributed by atoms with Gasteiger partial charge < -0.3 is 9.67 Å². The molecule has 0 amide bonds. The maximum atomic E-state index is 14.7. The number of halogens is 5. The standard InChI is InChI=1S/C30H30F5N5.Pt/c1-17(2)11-19-13-22(21-7-8-26(31)38-28(21)32)36-24(14-19)29(5,6)25-15-20(12-18(3)4)16-27(37-25)40-10-9-23(39-40)30(33,34)35;/h8-9,13-18H,11-12H2,1-6H3;/q-2;+2. The molecule has 0 spiro atoms. The molecule has 4 aromatic heterocycles. The molecule has 11 heteroatoms. The van der Waals surface area contributed by atoms with Gasteiger partial charge in [0.15, 0.2) is 0 Å². The molecule has 220 valence electrons. The van der Waals surface area contributed by atoms with Crippen molar-refractivity contribution >= 4 is 0 Å². The van der Waals surface area contributed by atoms with Crippen molar-refractivity contribution in [3.8, 4) is 17.1 Å². The quantitative estimate of drug-likeness (QED) is 0.108. The molecule has 0 fully saturated rings. The topological polar surface area (TPSA) is 56.5 Å². The molecule has 0 atom stereocenters. The summed E-state index contributed by atoms with van der Waals surface area (Å²) in [6.45, 7) is 12.0. The van der Waals surface area contributed by atoms with E-state index in [1.54, 1.807) is 12.1 Å². The molecule has 0 aliphatic heterocycles. The number of hydrogen-bond donors (Lipinski definition) is 0. The van der Waals surface area contributed by atoms with E-state index in [0.29, 0.717) is 24.2 Å². The summed E-state index contributed by atoms with van der Waals surface area (Å²) in [5.74, 6) is -1.27. The van der Waals surface area contributed by atoms with Gasteiger partial charge in [0.2, 0.25) is 0 Å². The van der Waals surface area contributed by atoms with E-state index in [0.717, 1.165) is 27.9 Å². The second kappa shape index (κ2) is 12.5. The summed E-state index contributed by atoms with van der Waals surface area (Å²) in [5.41, 5.74) is 1.10. The van der Waals surface area contributed by atoms with Crippen molar-refractivity contribution < 1.29 is 43.0 Å². The van der Waals surface area contributed by atoms with Gasteiger partial charge in [-0.2, -0.15) is 13.2 Å². The molecule has 41 heavy (non-hydrogen) atoms. The minimum absolute atomic E-state index is 0. The van der Waals surface area contributed by atoms with Crippen LogP contribution in [0.1, 0.15) is 69.8 Å². The second-order valence-electron chi connectivity index (χ2n) is 11.2. The number of nitrogens with zero attached hydrogens (tertiary/aromatic N) is 5. The van der Waals surface area contributed by atoms with E-state index < -0.39 is 29.2 Å². The van der Waals surface area contributed by atoms with Crippen LogP contribution < -0.4 is 0 Å². The van der Waals surface area contributed by atoms with Gasteiger partial charge in [-0.1, -0.05) is 68.8 Å². The second-order valence-corrected chi connectivity index (χ2v) is 11.2. The van der Waals surface area contributed by atoms with E-state index >= 15 is 0 Å². The smallest absolute Gasteiger partial charge is 0.343 e. The van der Waals surface area contributed by atoms with Crippen molar-refractivity contribution in [2.24, 2.45) is 11.8 Å². The van der Waals surface area contributed by atoms with Gasteiger partial charge in [-0.05, 0) is 56.4 Å². The Balaban J connectivity index is 0.00000462. The Morgan fingerprint density at radius 2 is 1.39 bits per heavy atom. The molecule has 5 nitrogen and oxygen atoms in total. The third-order valence-electron chi connectivity index (χ3n) is 6.37. The van der Waals surface area contributed by atoms with Crippen LogP contribution in [-0.4, -0.2) is 24.7 Å². The SMILES string of the molecule is CC(C)Cc1cc(-c2[c-]cc(F)nc2F)nc(C(C)(C)c2cc(CC(C)C)cc(-n3[c-]cc(C(F)(F)F)n3)n2)c1.[Pt+2]. The molecule has 4 aromatic rings. The predicted molar refractivity (Wildman–Crippen MR) is 141 cm³/mol. The number of rotatable bonds is 8. The summed E-state index contributed by atoms with van der Waals surface area (Å²) in [6.07, 6.45) is -0.767. The first-order valence-corrected chi connectivity index (χ1v) is 13.0. The number of hydrogen-bond acceptors (Lipinski definition) is 4. The zero-order valence-electron chi connectivity index (χ0n) is 23.5. The van der Waals surface area contributed by atoms with Gasteiger partial charge in [0, 0.05) is 16.8 Å². The molecule has 0 N–H and O–H groups in total. The fourth-order valence-corrected chi connectivity index (χ4v) is 4.44. The van der Waals surface area contributed by atoms with Crippen molar-refractivity contribution in [3.63, 3.8) is 0 Å². The Kier molecular flexibility index (Phi) is 9.89. The van der Waals surface area contributed by atoms with Crippen molar-refractivity contribution in [2.45, 2.75) is 66.0 Å². The Morgan fingerprint density at radius 3 is 1.93 bits per heavy atom. The Labute approximate surface area is 250 Å². The van der Waals surface area contributed by atoms with Crippen molar-refractivity contribution in [1.29, 1.82) is 0 Å². The zero-order chi connectivity index (χ0) is 29.4. The minimum Gasteiger partial charge on any atom is -0.343 e. The van der Waals surface area contributed by atoms with E-state index in [1.165, 1.54) is 0 Å². The van der Waals surface area contributed by atoms with Crippen molar-refractivity contribution in [1.82, 2.24) is 24.7 Å². The fraction of sp³-hybridized carbons (Fsp3) is 0.400. The van der Waals surface area contributed by atoms with Crippen LogP contribution in [0.15, 0.2) is 36.4 Å². The first-order chi connectivity index (χ1) is 18.6. The van der Waals surface area contributed by atoms with Gasteiger partial charge >= 0.3 is 27.2 Å². The molecule has 0 unspecified atom stereocenters. The molecule has 0 aliphatic carbocycles. The minimum atomic E-state index is -4.61. The molecule has 0 saturated carbocycles. The first-order valence-electron chi connectivity index (χ1n) is 13.0. The summed E-state index contributed by atoms with van der Waals surface area (Å²) >= 11 is 0. The Bertz CT molecular complexity index is 1510. The fourth-order valence-electron chi connectivity index (χ4n) is 4.44. The number of pyridine rings is 3. The molecule has 4 heterocycles. The Morgan fingerprint density at radius 1 is 0.805 bits per heavy atom. The molecule has 0 bridgehead atoms. The monoisotopic (exact) mass is 750 g/mol. The number of alkyl halides is 3. The van der Waals surface area contributed by atoms with Gasteiger partial charge in [-0.15, -0.1) is 12.1 Å². The van der Waals surface area contributed by atoms with E-state index in [9.17, 15) is 22.0 Å². The third-order valence-corrected chi connectivity index (χ3v) is 6.37. The van der Waals surface area contributed by atoms with Gasteiger partial charge in [-0.25, -0.2) is 8.78 Å². The molecular formula is C30H30F5N5Pt. The molecule has 0 aliphatic rings. The summed E-state index contributed by atoms with van der Waals surface area (Å²) in [6, 6.07) is 11.6. The van der Waals surface area contributed by atoms with Crippen molar-refractivity contribution in [2.75, 3.05) is 0 Å². The van der Waals surface area contributed by atoms with E-state index in [-0.39, 0.29) is 50.0 Å². The van der Waals surface area contributed by atoms with Crippen LogP contribution in [0.5, 0.6) is 0 Å². The van der Waals surface area contributed by atoms with Crippen LogP contribution in [-0.2, 0) is 45.5 Å². The van der Waals surface area contributed by atoms with Gasteiger partial charge in [0.25, 0.3) is 0 Å². The largest absolute Gasteiger partial charge is 2.00 e. The summed E-state index contributed by atoms with van der Waals surface area (Å²) in [7, 11) is 0. The molecular weight excluding hydrogens is 720 g/mol. The average molecular weight is 751 g/mol. The molecule has 4 rings (SSSR count). The summed E-state index contributed by atoms with van der Waals surface area (Å²) in [4.78, 5) is 12.7. The van der Waals surface area contributed by atoms with Crippen LogP contribution in [0.25, 0.3) is 17.1 Å². The molecule has 0 radical (unpaired) electrons. The number of aromatic nitrogens is 5. The van der Waals surface area contributed by atoms with E-state index in [4.69, 9.17) is 9.97 Å². The third kappa shape index (κ3) is 7.64. The maximum absolute atomic E-state index is 14.7. The van der Waals surface area contributed by atoms with Crippen LogP contribution in [0.3, 0.4) is 0 Å². The average Bonchev–Trinajstić information content (AvgIpc) is 3.34. The van der Waals surface area contributed by atoms with Gasteiger partial charge in [0.05, 0.1) is 11.5 Å². The van der Waals surface area contributed by atoms with Crippen molar-refractivity contribution in [3.05, 3.63) is 88.8 Å². The van der Waals surface area contributed by atoms with E-state index in [2.05, 4.69) is 36.2 Å². The van der Waals surface area contributed by atoms with Crippen LogP contribution >= 0.6 is 0 Å². The molecule has 0 saturated heterocycles. The first kappa shape index (κ1) is 32.5. The normalized spacial score (nSPS) is 12.2. The molecule has 0 aromatic carbocycles. The van der Waals surface area contributed by atoms with Gasteiger partial charge in [-0.3, -0.25) is 15.1 Å². The van der Waals surface area contributed by atoms with Crippen LogP contribution in [0.2, 0.25) is 0 Å². The predicted octanol–water partition coefficient (Wildman–Crippen LogP) is 7.34. The van der Waals surface area contributed by atoms with E-state index in [1.807, 2.05) is 39.8 Å².